The van der Waals surface area contributed by atoms with Crippen molar-refractivity contribution in [2.75, 3.05) is 0 Å². The van der Waals surface area contributed by atoms with Crippen LogP contribution in [0.5, 0.6) is 0 Å². The summed E-state index contributed by atoms with van der Waals surface area (Å²) in [6.45, 7) is 0. The van der Waals surface area contributed by atoms with Gasteiger partial charge in [0.1, 0.15) is 0 Å². The fraction of sp³-hybridized carbons (Fsp3) is 0. The zero-order valence-corrected chi connectivity index (χ0v) is 31.0. The van der Waals surface area contributed by atoms with Crippen molar-refractivity contribution in [2.45, 2.75) is 0 Å². The molecule has 0 aliphatic heterocycles. The van der Waals surface area contributed by atoms with Crippen LogP contribution in [0.4, 0.5) is 0 Å². The quantitative estimate of drug-likeness (QED) is 0.168. The summed E-state index contributed by atoms with van der Waals surface area (Å²) in [7, 11) is 0. The summed E-state index contributed by atoms with van der Waals surface area (Å²) >= 11 is 0. The molecule has 0 saturated carbocycles. The summed E-state index contributed by atoms with van der Waals surface area (Å²) in [6.07, 6.45) is 0. The number of para-hydroxylation sites is 4. The van der Waals surface area contributed by atoms with E-state index in [2.05, 4.69) is 226 Å². The monoisotopic (exact) mass is 725 g/mol. The van der Waals surface area contributed by atoms with Crippen LogP contribution in [-0.4, -0.2) is 13.7 Å². The van der Waals surface area contributed by atoms with Crippen LogP contribution in [0.25, 0.3) is 105 Å². The molecule has 0 aliphatic carbocycles. The summed E-state index contributed by atoms with van der Waals surface area (Å²) in [5, 5.41) is 7.42. The summed E-state index contributed by atoms with van der Waals surface area (Å²) < 4.78 is 7.51. The number of benzene rings is 9. The van der Waals surface area contributed by atoms with E-state index in [0.29, 0.717) is 0 Å². The second-order valence-electron chi connectivity index (χ2n) is 14.9. The van der Waals surface area contributed by atoms with Crippen LogP contribution in [0, 0.1) is 0 Å². The molecule has 266 valence electrons. The number of aromatic nitrogens is 3. The van der Waals surface area contributed by atoms with Crippen molar-refractivity contribution in [3.63, 3.8) is 0 Å². The summed E-state index contributed by atoms with van der Waals surface area (Å²) in [5.41, 5.74) is 15.3. The Morgan fingerprint density at radius 2 is 0.719 bits per heavy atom. The Labute approximate surface area is 329 Å². The zero-order chi connectivity index (χ0) is 37.5. The number of rotatable bonds is 5. The van der Waals surface area contributed by atoms with Crippen LogP contribution >= 0.6 is 0 Å². The lowest BCUT2D eigenvalue weighted by Crippen LogP contribution is -1.99. The minimum atomic E-state index is 1.14. The van der Waals surface area contributed by atoms with Crippen molar-refractivity contribution < 1.29 is 0 Å². The molecule has 3 nitrogen and oxygen atoms in total. The highest BCUT2D eigenvalue weighted by Gasteiger charge is 2.26. The molecule has 0 saturated heterocycles. The third-order valence-corrected chi connectivity index (χ3v) is 11.8. The average molecular weight is 726 g/mol. The predicted octanol–water partition coefficient (Wildman–Crippen LogP) is 14.3. The van der Waals surface area contributed by atoms with Gasteiger partial charge in [-0.2, -0.15) is 0 Å². The number of nitrogens with zero attached hydrogens (tertiary/aromatic N) is 3. The minimum absolute atomic E-state index is 1.14. The summed E-state index contributed by atoms with van der Waals surface area (Å²) in [6, 6.07) is 77.4. The van der Waals surface area contributed by atoms with Crippen molar-refractivity contribution in [3.8, 4) is 39.3 Å². The lowest BCUT2D eigenvalue weighted by atomic mass is 9.97. The van der Waals surface area contributed by atoms with Gasteiger partial charge in [0, 0.05) is 49.3 Å². The maximum atomic E-state index is 2.56. The lowest BCUT2D eigenvalue weighted by Gasteiger charge is -2.17. The van der Waals surface area contributed by atoms with Gasteiger partial charge in [0.2, 0.25) is 0 Å². The molecule has 12 rings (SSSR count). The Kier molecular flexibility index (Phi) is 6.93. The molecule has 0 bridgehead atoms. The Balaban J connectivity index is 1.35. The van der Waals surface area contributed by atoms with Crippen LogP contribution < -0.4 is 0 Å². The lowest BCUT2D eigenvalue weighted by molar-refractivity contribution is 1.17. The largest absolute Gasteiger partial charge is 0.309 e. The molecule has 0 atom stereocenters. The molecular weight excluding hydrogens is 691 g/mol. The SMILES string of the molecule is c1ccc(-c2ccc(-c3ccccc3)c(-n3c4ccccc4c4ccc5c(c6c(ccc7c8ccccc8n(-c8ccccc8)c76)n5-c5ccccc5)c43)c2)cc1. The van der Waals surface area contributed by atoms with Crippen LogP contribution in [-0.2, 0) is 0 Å². The molecule has 0 radical (unpaired) electrons. The van der Waals surface area contributed by atoms with Gasteiger partial charge in [-0.3, -0.25) is 0 Å². The van der Waals surface area contributed by atoms with Gasteiger partial charge in [-0.1, -0.05) is 158 Å². The Morgan fingerprint density at radius 1 is 0.263 bits per heavy atom. The van der Waals surface area contributed by atoms with Gasteiger partial charge in [-0.05, 0) is 71.3 Å². The van der Waals surface area contributed by atoms with E-state index in [1.165, 1.54) is 87.7 Å². The maximum Gasteiger partial charge on any atom is 0.0642 e. The molecule has 3 heteroatoms. The second-order valence-corrected chi connectivity index (χ2v) is 14.9. The highest BCUT2D eigenvalue weighted by Crippen LogP contribution is 2.47. The fourth-order valence-corrected chi connectivity index (χ4v) is 9.43. The maximum absolute atomic E-state index is 2.56. The van der Waals surface area contributed by atoms with Crippen LogP contribution in [0.3, 0.4) is 0 Å². The fourth-order valence-electron chi connectivity index (χ4n) is 9.43. The van der Waals surface area contributed by atoms with E-state index in [0.717, 1.165) is 17.1 Å². The molecule has 0 unspecified atom stereocenters. The molecular formula is C54H35N3. The van der Waals surface area contributed by atoms with E-state index >= 15 is 0 Å². The number of fused-ring (bicyclic) bond motifs is 11. The topological polar surface area (TPSA) is 14.8 Å². The van der Waals surface area contributed by atoms with Crippen molar-refractivity contribution in [3.05, 3.63) is 212 Å². The highest BCUT2D eigenvalue weighted by atomic mass is 15.0. The van der Waals surface area contributed by atoms with E-state index in [1.54, 1.807) is 0 Å². The number of hydrogen-bond donors (Lipinski definition) is 0. The first-order valence-corrected chi connectivity index (χ1v) is 19.6. The first-order chi connectivity index (χ1) is 28.3. The highest BCUT2D eigenvalue weighted by molar-refractivity contribution is 6.33. The van der Waals surface area contributed by atoms with Crippen molar-refractivity contribution in [1.82, 2.24) is 13.7 Å². The standard InChI is InChI=1S/C54H35N3/c1-5-17-36(18-6-1)38-29-30-41(37-19-7-2-8-20-37)50(35-38)57-47-28-16-14-26-43(47)45-32-34-49-52(54(45)57)51-48(55(49)39-21-9-3-10-22-39)33-31-44-42-25-13-15-27-46(42)56(53(44)51)40-23-11-4-12-24-40/h1-35H. The molecule has 3 heterocycles. The molecule has 12 aromatic rings. The van der Waals surface area contributed by atoms with Crippen molar-refractivity contribution in [2.24, 2.45) is 0 Å². The molecule has 0 amide bonds. The van der Waals surface area contributed by atoms with Crippen LogP contribution in [0.1, 0.15) is 0 Å². The van der Waals surface area contributed by atoms with E-state index in [4.69, 9.17) is 0 Å². The van der Waals surface area contributed by atoms with E-state index < -0.39 is 0 Å². The van der Waals surface area contributed by atoms with Gasteiger partial charge in [0.05, 0.1) is 38.8 Å². The van der Waals surface area contributed by atoms with Gasteiger partial charge < -0.3 is 13.7 Å². The zero-order valence-electron chi connectivity index (χ0n) is 31.0. The van der Waals surface area contributed by atoms with E-state index in [9.17, 15) is 0 Å². The van der Waals surface area contributed by atoms with E-state index in [1.807, 2.05) is 0 Å². The third-order valence-electron chi connectivity index (χ3n) is 11.8. The molecule has 0 spiro atoms. The molecule has 9 aromatic carbocycles. The summed E-state index contributed by atoms with van der Waals surface area (Å²) in [4.78, 5) is 0. The normalized spacial score (nSPS) is 11.9. The van der Waals surface area contributed by atoms with Gasteiger partial charge >= 0.3 is 0 Å². The Morgan fingerprint density at radius 3 is 1.30 bits per heavy atom. The second kappa shape index (κ2) is 12.5. The van der Waals surface area contributed by atoms with Gasteiger partial charge in [-0.15, -0.1) is 0 Å². The molecule has 0 N–H and O–H groups in total. The Bertz CT molecular complexity index is 3480. The minimum Gasteiger partial charge on any atom is -0.309 e. The summed E-state index contributed by atoms with van der Waals surface area (Å²) in [5.74, 6) is 0. The molecule has 0 fully saturated rings. The van der Waals surface area contributed by atoms with Gasteiger partial charge in [-0.25, -0.2) is 0 Å². The van der Waals surface area contributed by atoms with Gasteiger partial charge in [0.25, 0.3) is 0 Å². The molecule has 57 heavy (non-hydrogen) atoms. The first-order valence-electron chi connectivity index (χ1n) is 19.6. The molecule has 3 aromatic heterocycles. The smallest absolute Gasteiger partial charge is 0.0642 e. The third kappa shape index (κ3) is 4.66. The van der Waals surface area contributed by atoms with Crippen LogP contribution in [0.2, 0.25) is 0 Å². The average Bonchev–Trinajstić information content (AvgIpc) is 3.93. The van der Waals surface area contributed by atoms with E-state index in [-0.39, 0.29) is 0 Å². The number of hydrogen-bond acceptors (Lipinski definition) is 0. The molecule has 0 aliphatic rings. The van der Waals surface area contributed by atoms with Crippen molar-refractivity contribution in [1.29, 1.82) is 0 Å². The first kappa shape index (κ1) is 31.7. The Hall–Kier alpha value is -7.62. The van der Waals surface area contributed by atoms with Gasteiger partial charge in [0.15, 0.2) is 0 Å². The predicted molar refractivity (Wildman–Crippen MR) is 240 cm³/mol. The van der Waals surface area contributed by atoms with Crippen molar-refractivity contribution >= 4 is 65.4 Å². The van der Waals surface area contributed by atoms with Crippen LogP contribution in [0.15, 0.2) is 212 Å².